The molecule has 0 fully saturated rings. The molecule has 0 aliphatic rings. The SMILES string of the molecule is CCC(CC)(CC)CN(C(=O)c1ccc(C)cc1)c1ccccc1. The zero-order valence-electron chi connectivity index (χ0n) is 15.4. The molecule has 0 heterocycles. The molecular formula is C22H29NO. The first-order chi connectivity index (χ1) is 11.5. The molecule has 1 amide bonds. The summed E-state index contributed by atoms with van der Waals surface area (Å²) in [7, 11) is 0. The van der Waals surface area contributed by atoms with Gasteiger partial charge in [0, 0.05) is 17.8 Å². The average Bonchev–Trinajstić information content (AvgIpc) is 2.64. The van der Waals surface area contributed by atoms with Crippen molar-refractivity contribution in [1.29, 1.82) is 0 Å². The van der Waals surface area contributed by atoms with Gasteiger partial charge in [0.15, 0.2) is 0 Å². The van der Waals surface area contributed by atoms with Crippen molar-refractivity contribution in [2.75, 3.05) is 11.4 Å². The summed E-state index contributed by atoms with van der Waals surface area (Å²) in [6, 6.07) is 17.9. The molecule has 24 heavy (non-hydrogen) atoms. The second-order valence-corrected chi connectivity index (χ2v) is 6.65. The van der Waals surface area contributed by atoms with E-state index in [1.165, 1.54) is 5.56 Å². The van der Waals surface area contributed by atoms with Crippen LogP contribution in [-0.2, 0) is 0 Å². The molecule has 0 atom stereocenters. The number of anilines is 1. The smallest absolute Gasteiger partial charge is 0.258 e. The Morgan fingerprint density at radius 1 is 0.875 bits per heavy atom. The fraction of sp³-hybridized carbons (Fsp3) is 0.409. The van der Waals surface area contributed by atoms with Crippen LogP contribution in [0.15, 0.2) is 54.6 Å². The minimum Gasteiger partial charge on any atom is -0.308 e. The predicted octanol–water partition coefficient (Wildman–Crippen LogP) is 5.86. The summed E-state index contributed by atoms with van der Waals surface area (Å²) < 4.78 is 0. The second kappa shape index (κ2) is 8.14. The number of carbonyl (C=O) groups excluding carboxylic acids is 1. The molecule has 0 aliphatic carbocycles. The molecule has 2 aromatic rings. The number of hydrogen-bond acceptors (Lipinski definition) is 1. The Bertz CT molecular complexity index is 633. The van der Waals surface area contributed by atoms with E-state index in [1.54, 1.807) is 0 Å². The highest BCUT2D eigenvalue weighted by molar-refractivity contribution is 6.06. The minimum absolute atomic E-state index is 0.0842. The zero-order valence-corrected chi connectivity index (χ0v) is 15.4. The van der Waals surface area contributed by atoms with Crippen molar-refractivity contribution in [2.45, 2.75) is 47.0 Å². The molecule has 0 saturated heterocycles. The third-order valence-electron chi connectivity index (χ3n) is 5.36. The van der Waals surface area contributed by atoms with Crippen molar-refractivity contribution in [1.82, 2.24) is 0 Å². The summed E-state index contributed by atoms with van der Waals surface area (Å²) in [6.07, 6.45) is 3.22. The van der Waals surface area contributed by atoms with Gasteiger partial charge in [-0.1, -0.05) is 56.7 Å². The standard InChI is InChI=1S/C22H29NO/c1-5-22(6-2,7-3)17-23(20-11-9-8-10-12-20)21(24)19-15-13-18(4)14-16-19/h8-16H,5-7,17H2,1-4H3. The van der Waals surface area contributed by atoms with Crippen LogP contribution >= 0.6 is 0 Å². The van der Waals surface area contributed by atoms with Crippen LogP contribution in [-0.4, -0.2) is 12.5 Å². The highest BCUT2D eigenvalue weighted by Gasteiger charge is 2.30. The summed E-state index contributed by atoms with van der Waals surface area (Å²) in [6.45, 7) is 9.48. The summed E-state index contributed by atoms with van der Waals surface area (Å²) in [5, 5.41) is 0. The van der Waals surface area contributed by atoms with Gasteiger partial charge >= 0.3 is 0 Å². The maximum atomic E-state index is 13.2. The fourth-order valence-electron chi connectivity index (χ4n) is 3.16. The molecule has 0 N–H and O–H groups in total. The Labute approximate surface area is 146 Å². The summed E-state index contributed by atoms with van der Waals surface area (Å²) in [4.78, 5) is 15.2. The lowest BCUT2D eigenvalue weighted by atomic mass is 9.79. The van der Waals surface area contributed by atoms with E-state index in [0.717, 1.165) is 37.1 Å². The number of rotatable bonds is 7. The van der Waals surface area contributed by atoms with Crippen molar-refractivity contribution in [3.63, 3.8) is 0 Å². The van der Waals surface area contributed by atoms with Gasteiger partial charge in [-0.05, 0) is 55.9 Å². The average molecular weight is 323 g/mol. The molecule has 0 radical (unpaired) electrons. The van der Waals surface area contributed by atoms with Crippen LogP contribution in [0.2, 0.25) is 0 Å². The number of para-hydroxylation sites is 1. The highest BCUT2D eigenvalue weighted by atomic mass is 16.2. The summed E-state index contributed by atoms with van der Waals surface area (Å²) >= 11 is 0. The van der Waals surface area contributed by atoms with Crippen molar-refractivity contribution >= 4 is 11.6 Å². The molecule has 0 aliphatic heterocycles. The molecule has 2 heteroatoms. The van der Waals surface area contributed by atoms with Crippen LogP contribution in [0.5, 0.6) is 0 Å². The van der Waals surface area contributed by atoms with Crippen molar-refractivity contribution < 1.29 is 4.79 Å². The molecule has 128 valence electrons. The second-order valence-electron chi connectivity index (χ2n) is 6.65. The van der Waals surface area contributed by atoms with Gasteiger partial charge in [-0.15, -0.1) is 0 Å². The molecular weight excluding hydrogens is 294 g/mol. The van der Waals surface area contributed by atoms with Crippen LogP contribution in [0, 0.1) is 12.3 Å². The van der Waals surface area contributed by atoms with Crippen LogP contribution < -0.4 is 4.90 Å². The minimum atomic E-state index is 0.0842. The van der Waals surface area contributed by atoms with E-state index in [1.807, 2.05) is 66.4 Å². The van der Waals surface area contributed by atoms with Gasteiger partial charge in [-0.3, -0.25) is 4.79 Å². The molecule has 2 aromatic carbocycles. The maximum absolute atomic E-state index is 13.2. The maximum Gasteiger partial charge on any atom is 0.258 e. The molecule has 0 bridgehead atoms. The van der Waals surface area contributed by atoms with E-state index in [0.29, 0.717) is 0 Å². The summed E-state index contributed by atoms with van der Waals surface area (Å²) in [5.74, 6) is 0.0842. The summed E-state index contributed by atoms with van der Waals surface area (Å²) in [5.41, 5.74) is 3.06. The lowest BCUT2D eigenvalue weighted by Crippen LogP contribution is -2.41. The first-order valence-electron chi connectivity index (χ1n) is 8.99. The van der Waals surface area contributed by atoms with Crippen LogP contribution in [0.25, 0.3) is 0 Å². The Balaban J connectivity index is 2.39. The number of hydrogen-bond donors (Lipinski definition) is 0. The monoisotopic (exact) mass is 323 g/mol. The van der Waals surface area contributed by atoms with Crippen LogP contribution in [0.4, 0.5) is 5.69 Å². The normalized spacial score (nSPS) is 11.3. The van der Waals surface area contributed by atoms with E-state index >= 15 is 0 Å². The van der Waals surface area contributed by atoms with Gasteiger partial charge in [0.25, 0.3) is 5.91 Å². The largest absolute Gasteiger partial charge is 0.308 e. The van der Waals surface area contributed by atoms with Gasteiger partial charge in [0.1, 0.15) is 0 Å². The fourth-order valence-corrected chi connectivity index (χ4v) is 3.16. The number of aryl methyl sites for hydroxylation is 1. The van der Waals surface area contributed by atoms with Gasteiger partial charge in [0.05, 0.1) is 0 Å². The molecule has 0 unspecified atom stereocenters. The molecule has 2 nitrogen and oxygen atoms in total. The van der Waals surface area contributed by atoms with Gasteiger partial charge in [0.2, 0.25) is 0 Å². The Morgan fingerprint density at radius 3 is 1.92 bits per heavy atom. The first-order valence-corrected chi connectivity index (χ1v) is 8.99. The van der Waals surface area contributed by atoms with E-state index < -0.39 is 0 Å². The van der Waals surface area contributed by atoms with Gasteiger partial charge in [-0.25, -0.2) is 0 Å². The molecule has 0 spiro atoms. The van der Waals surface area contributed by atoms with E-state index in [2.05, 4.69) is 20.8 Å². The van der Waals surface area contributed by atoms with Crippen LogP contribution in [0.1, 0.15) is 56.0 Å². The van der Waals surface area contributed by atoms with E-state index in [-0.39, 0.29) is 11.3 Å². The first kappa shape index (κ1) is 18.3. The molecule has 0 aromatic heterocycles. The van der Waals surface area contributed by atoms with E-state index in [9.17, 15) is 4.79 Å². The molecule has 0 saturated carbocycles. The lowest BCUT2D eigenvalue weighted by molar-refractivity contribution is 0.0967. The van der Waals surface area contributed by atoms with Crippen molar-refractivity contribution in [2.24, 2.45) is 5.41 Å². The Kier molecular flexibility index (Phi) is 6.19. The topological polar surface area (TPSA) is 20.3 Å². The predicted molar refractivity (Wildman–Crippen MR) is 103 cm³/mol. The number of nitrogens with zero attached hydrogens (tertiary/aromatic N) is 1. The Hall–Kier alpha value is -2.09. The van der Waals surface area contributed by atoms with Crippen molar-refractivity contribution in [3.8, 4) is 0 Å². The van der Waals surface area contributed by atoms with Gasteiger partial charge < -0.3 is 4.90 Å². The Morgan fingerprint density at radius 2 is 1.42 bits per heavy atom. The number of carbonyl (C=O) groups is 1. The van der Waals surface area contributed by atoms with E-state index in [4.69, 9.17) is 0 Å². The quantitative estimate of drug-likeness (QED) is 0.625. The number of benzene rings is 2. The highest BCUT2D eigenvalue weighted by Crippen LogP contribution is 2.33. The van der Waals surface area contributed by atoms with Crippen molar-refractivity contribution in [3.05, 3.63) is 65.7 Å². The number of amides is 1. The third-order valence-corrected chi connectivity index (χ3v) is 5.36. The lowest BCUT2D eigenvalue weighted by Gasteiger charge is -2.37. The van der Waals surface area contributed by atoms with Gasteiger partial charge in [-0.2, -0.15) is 0 Å². The molecule has 2 rings (SSSR count). The van der Waals surface area contributed by atoms with Crippen LogP contribution in [0.3, 0.4) is 0 Å². The zero-order chi connectivity index (χ0) is 17.6. The third kappa shape index (κ3) is 4.05.